The van der Waals surface area contributed by atoms with Crippen LogP contribution in [0.15, 0.2) is 36.9 Å². The number of hydrogen-bond acceptors (Lipinski definition) is 4. The Hall–Kier alpha value is -3.13. The molecule has 150 valence electrons. The van der Waals surface area contributed by atoms with Crippen LogP contribution in [0.4, 0.5) is 0 Å². The average Bonchev–Trinajstić information content (AvgIpc) is 3.40. The predicted molar refractivity (Wildman–Crippen MR) is 106 cm³/mol. The van der Waals surface area contributed by atoms with Crippen molar-refractivity contribution in [3.63, 3.8) is 0 Å². The Morgan fingerprint density at radius 3 is 3.17 bits per heavy atom. The maximum absolute atomic E-state index is 13.1. The Labute approximate surface area is 167 Å². The van der Waals surface area contributed by atoms with Gasteiger partial charge in [-0.25, -0.2) is 4.98 Å². The molecule has 2 aliphatic heterocycles. The third kappa shape index (κ3) is 3.40. The number of amides is 2. The number of aromatic nitrogens is 3. The first-order valence-electron chi connectivity index (χ1n) is 9.98. The number of aromatic amines is 1. The maximum atomic E-state index is 13.1. The van der Waals surface area contributed by atoms with E-state index in [4.69, 9.17) is 4.74 Å². The van der Waals surface area contributed by atoms with Gasteiger partial charge in [0.15, 0.2) is 0 Å². The number of imidazole rings is 1. The van der Waals surface area contributed by atoms with Crippen molar-refractivity contribution >= 4 is 17.3 Å². The molecule has 1 atom stereocenters. The van der Waals surface area contributed by atoms with Gasteiger partial charge >= 0.3 is 0 Å². The van der Waals surface area contributed by atoms with Crippen LogP contribution in [-0.4, -0.2) is 56.8 Å². The average molecular weight is 393 g/mol. The summed E-state index contributed by atoms with van der Waals surface area (Å²) in [4.78, 5) is 35.0. The molecule has 1 unspecified atom stereocenters. The van der Waals surface area contributed by atoms with Crippen molar-refractivity contribution in [1.29, 1.82) is 0 Å². The fourth-order valence-electron chi connectivity index (χ4n) is 4.21. The molecule has 0 bridgehead atoms. The quantitative estimate of drug-likeness (QED) is 0.709. The van der Waals surface area contributed by atoms with Crippen molar-refractivity contribution in [2.75, 3.05) is 19.7 Å². The summed E-state index contributed by atoms with van der Waals surface area (Å²) < 4.78 is 7.28. The molecule has 1 fully saturated rings. The SMILES string of the molecule is O=C(NC1CCCN(C(=O)c2cccn3cncc23)C1)c1cc2c([nH]1)CCOC2. The van der Waals surface area contributed by atoms with Crippen LogP contribution < -0.4 is 5.32 Å². The molecule has 5 rings (SSSR count). The lowest BCUT2D eigenvalue weighted by Gasteiger charge is -2.33. The summed E-state index contributed by atoms with van der Waals surface area (Å²) in [5.74, 6) is -0.154. The van der Waals surface area contributed by atoms with Crippen LogP contribution in [0.25, 0.3) is 5.52 Å². The summed E-state index contributed by atoms with van der Waals surface area (Å²) in [6.45, 7) is 2.42. The second-order valence-corrected chi connectivity index (χ2v) is 7.66. The van der Waals surface area contributed by atoms with Gasteiger partial charge in [-0.3, -0.25) is 9.59 Å². The van der Waals surface area contributed by atoms with Crippen molar-refractivity contribution in [3.05, 3.63) is 59.4 Å². The molecule has 8 nitrogen and oxygen atoms in total. The van der Waals surface area contributed by atoms with Crippen LogP contribution in [0.5, 0.6) is 0 Å². The highest BCUT2D eigenvalue weighted by molar-refractivity contribution is 6.00. The van der Waals surface area contributed by atoms with E-state index in [1.807, 2.05) is 33.7 Å². The number of carbonyl (C=O) groups is 2. The van der Waals surface area contributed by atoms with Crippen LogP contribution in [0.1, 0.15) is 44.9 Å². The molecule has 0 aromatic carbocycles. The number of H-pyrrole nitrogens is 1. The zero-order chi connectivity index (χ0) is 19.8. The minimum Gasteiger partial charge on any atom is -0.376 e. The monoisotopic (exact) mass is 393 g/mol. The Balaban J connectivity index is 1.28. The minimum atomic E-state index is -0.128. The van der Waals surface area contributed by atoms with Crippen LogP contribution in [0.3, 0.4) is 0 Å². The van der Waals surface area contributed by atoms with Crippen LogP contribution >= 0.6 is 0 Å². The second kappa shape index (κ2) is 7.36. The first kappa shape index (κ1) is 17.9. The highest BCUT2D eigenvalue weighted by atomic mass is 16.5. The number of fused-ring (bicyclic) bond motifs is 2. The van der Waals surface area contributed by atoms with Gasteiger partial charge in [0.25, 0.3) is 11.8 Å². The third-order valence-electron chi connectivity index (χ3n) is 5.72. The van der Waals surface area contributed by atoms with E-state index < -0.39 is 0 Å². The van der Waals surface area contributed by atoms with E-state index in [1.165, 1.54) is 0 Å². The number of nitrogens with one attached hydrogen (secondary N) is 2. The maximum Gasteiger partial charge on any atom is 0.267 e. The van der Waals surface area contributed by atoms with Gasteiger partial charge in [-0.15, -0.1) is 0 Å². The number of likely N-dealkylation sites (tertiary alicyclic amines) is 1. The topological polar surface area (TPSA) is 91.7 Å². The van der Waals surface area contributed by atoms with Crippen molar-refractivity contribution in [1.82, 2.24) is 24.6 Å². The molecule has 0 aliphatic carbocycles. The van der Waals surface area contributed by atoms with E-state index in [9.17, 15) is 9.59 Å². The van der Waals surface area contributed by atoms with Gasteiger partial charge in [-0.1, -0.05) is 0 Å². The lowest BCUT2D eigenvalue weighted by molar-refractivity contribution is 0.0677. The molecule has 1 saturated heterocycles. The van der Waals surface area contributed by atoms with Crippen molar-refractivity contribution in [2.45, 2.75) is 31.9 Å². The Bertz CT molecular complexity index is 1050. The molecular weight excluding hydrogens is 370 g/mol. The highest BCUT2D eigenvalue weighted by Gasteiger charge is 2.27. The molecule has 2 amide bonds. The van der Waals surface area contributed by atoms with Gasteiger partial charge in [0.1, 0.15) is 5.69 Å². The molecule has 3 aromatic rings. The van der Waals surface area contributed by atoms with Crippen molar-refractivity contribution in [3.8, 4) is 0 Å². The standard InChI is InChI=1S/C21H23N5O3/c27-20(18-9-14-12-29-8-5-17(14)24-18)23-15-3-1-6-25(11-15)21(28)16-4-2-7-26-13-22-10-19(16)26/h2,4,7,9-10,13,15,24H,1,3,5-6,8,11-12H2,(H,23,27). The van der Waals surface area contributed by atoms with E-state index in [-0.39, 0.29) is 17.9 Å². The number of nitrogens with zero attached hydrogens (tertiary/aromatic N) is 3. The number of hydrogen-bond donors (Lipinski definition) is 2. The molecule has 0 spiro atoms. The smallest absolute Gasteiger partial charge is 0.267 e. The molecule has 5 heterocycles. The fraction of sp³-hybridized carbons (Fsp3) is 0.381. The summed E-state index contributed by atoms with van der Waals surface area (Å²) >= 11 is 0. The van der Waals surface area contributed by atoms with Gasteiger partial charge in [0, 0.05) is 37.4 Å². The number of piperidine rings is 1. The lowest BCUT2D eigenvalue weighted by Crippen LogP contribution is -2.49. The molecule has 8 heteroatoms. The van der Waals surface area contributed by atoms with Gasteiger partial charge < -0.3 is 24.3 Å². The zero-order valence-corrected chi connectivity index (χ0v) is 16.1. The van der Waals surface area contributed by atoms with Crippen LogP contribution in [0, 0.1) is 0 Å². The van der Waals surface area contributed by atoms with E-state index in [0.29, 0.717) is 37.6 Å². The summed E-state index contributed by atoms with van der Waals surface area (Å²) in [7, 11) is 0. The van der Waals surface area contributed by atoms with Crippen LogP contribution in [0.2, 0.25) is 0 Å². The van der Waals surface area contributed by atoms with Crippen molar-refractivity contribution in [2.24, 2.45) is 0 Å². The van der Waals surface area contributed by atoms with Gasteiger partial charge in [0.05, 0.1) is 36.8 Å². The van der Waals surface area contributed by atoms with Crippen LogP contribution in [-0.2, 0) is 17.8 Å². The first-order chi connectivity index (χ1) is 14.2. The molecule has 0 radical (unpaired) electrons. The highest BCUT2D eigenvalue weighted by Crippen LogP contribution is 2.20. The van der Waals surface area contributed by atoms with E-state index in [2.05, 4.69) is 15.3 Å². The molecule has 2 aliphatic rings. The third-order valence-corrected chi connectivity index (χ3v) is 5.72. The molecule has 0 saturated carbocycles. The summed E-state index contributed by atoms with van der Waals surface area (Å²) in [5.41, 5.74) is 4.12. The minimum absolute atomic E-state index is 0.0254. The van der Waals surface area contributed by atoms with Gasteiger partial charge in [-0.2, -0.15) is 0 Å². The normalized spacial score (nSPS) is 19.2. The van der Waals surface area contributed by atoms with E-state index >= 15 is 0 Å². The summed E-state index contributed by atoms with van der Waals surface area (Å²) in [5, 5.41) is 3.09. The zero-order valence-electron chi connectivity index (χ0n) is 16.1. The largest absolute Gasteiger partial charge is 0.376 e. The summed E-state index contributed by atoms with van der Waals surface area (Å²) in [6.07, 6.45) is 7.78. The fourth-order valence-corrected chi connectivity index (χ4v) is 4.21. The second-order valence-electron chi connectivity index (χ2n) is 7.66. The van der Waals surface area contributed by atoms with Crippen molar-refractivity contribution < 1.29 is 14.3 Å². The molecular formula is C21H23N5O3. The molecule has 3 aromatic heterocycles. The first-order valence-corrected chi connectivity index (χ1v) is 9.98. The number of ether oxygens (including phenoxy) is 1. The van der Waals surface area contributed by atoms with Gasteiger partial charge in [-0.05, 0) is 36.6 Å². The molecule has 2 N–H and O–H groups in total. The lowest BCUT2D eigenvalue weighted by atomic mass is 10.0. The summed E-state index contributed by atoms with van der Waals surface area (Å²) in [6, 6.07) is 5.48. The molecule has 29 heavy (non-hydrogen) atoms. The van der Waals surface area contributed by atoms with E-state index in [0.717, 1.165) is 36.0 Å². The van der Waals surface area contributed by atoms with Gasteiger partial charge in [0.2, 0.25) is 0 Å². The number of carbonyl (C=O) groups excluding carboxylic acids is 2. The predicted octanol–water partition coefficient (Wildman–Crippen LogP) is 1.77. The Kier molecular flexibility index (Phi) is 4.55. The number of pyridine rings is 1. The van der Waals surface area contributed by atoms with E-state index in [1.54, 1.807) is 12.5 Å². The number of rotatable bonds is 3. The Morgan fingerprint density at radius 2 is 2.28 bits per heavy atom. The Morgan fingerprint density at radius 1 is 1.34 bits per heavy atom.